The second-order valence-electron chi connectivity index (χ2n) is 6.07. The van der Waals surface area contributed by atoms with Crippen molar-refractivity contribution in [1.82, 2.24) is 0 Å². The topological polar surface area (TPSA) is 81.7 Å². The van der Waals surface area contributed by atoms with Crippen LogP contribution in [0.5, 0.6) is 0 Å². The third-order valence-corrected chi connectivity index (χ3v) is 3.54. The van der Waals surface area contributed by atoms with E-state index in [0.29, 0.717) is 72.7 Å². The van der Waals surface area contributed by atoms with E-state index < -0.39 is 0 Å². The summed E-state index contributed by atoms with van der Waals surface area (Å²) in [6, 6.07) is 0. The minimum atomic E-state index is -0.299. The molecule has 8 heteroatoms. The molecule has 0 unspecified atom stereocenters. The van der Waals surface area contributed by atoms with E-state index in [9.17, 15) is 4.79 Å². The first-order valence-electron chi connectivity index (χ1n) is 10.4. The molecule has 0 N–H and O–H groups in total. The number of rotatable bonds is 23. The van der Waals surface area contributed by atoms with Gasteiger partial charge in [-0.1, -0.05) is 26.2 Å². The first-order valence-corrected chi connectivity index (χ1v) is 10.4. The summed E-state index contributed by atoms with van der Waals surface area (Å²) in [5, 5.41) is 0. The van der Waals surface area contributed by atoms with Crippen LogP contribution in [-0.2, 0) is 38.0 Å². The van der Waals surface area contributed by atoms with E-state index in [1.807, 2.05) is 0 Å². The fourth-order valence-electron chi connectivity index (χ4n) is 2.08. The van der Waals surface area contributed by atoms with Gasteiger partial charge in [-0.15, -0.1) is 0 Å². The highest BCUT2D eigenvalue weighted by Gasteiger charge is 1.95. The Hall–Kier alpha value is -0.770. The minimum Gasteiger partial charge on any atom is -0.463 e. The normalized spacial score (nSPS) is 11.1. The molecule has 0 rings (SSSR count). The standard InChI is InChI=1S/C20H40O8/c1-3-4-5-6-7-22-8-9-23-10-11-24-12-13-25-14-15-26-16-17-27-18-19-28-20(2)21/h3-19H2,1-2H3. The summed E-state index contributed by atoms with van der Waals surface area (Å²) in [5.74, 6) is -0.299. The molecule has 0 fully saturated rings. The predicted octanol–water partition coefficient (Wildman–Crippen LogP) is 2.23. The lowest BCUT2D eigenvalue weighted by molar-refractivity contribution is -0.142. The van der Waals surface area contributed by atoms with Gasteiger partial charge in [-0.3, -0.25) is 4.79 Å². The van der Waals surface area contributed by atoms with Crippen LogP contribution in [0.3, 0.4) is 0 Å². The van der Waals surface area contributed by atoms with Crippen molar-refractivity contribution in [1.29, 1.82) is 0 Å². The zero-order valence-corrected chi connectivity index (χ0v) is 17.8. The van der Waals surface area contributed by atoms with Crippen LogP contribution in [0.1, 0.15) is 39.5 Å². The van der Waals surface area contributed by atoms with Crippen molar-refractivity contribution in [2.75, 3.05) is 85.9 Å². The SMILES string of the molecule is CCCCCCOCCOCCOCCOCCOCCOCCOC(C)=O. The summed E-state index contributed by atoms with van der Waals surface area (Å²) in [6.07, 6.45) is 4.90. The Labute approximate surface area is 170 Å². The molecule has 28 heavy (non-hydrogen) atoms. The third-order valence-electron chi connectivity index (χ3n) is 3.54. The smallest absolute Gasteiger partial charge is 0.302 e. The second kappa shape index (κ2) is 24.3. The summed E-state index contributed by atoms with van der Waals surface area (Å²) < 4.78 is 37.1. The van der Waals surface area contributed by atoms with Gasteiger partial charge in [-0.25, -0.2) is 0 Å². The van der Waals surface area contributed by atoms with Crippen LogP contribution in [0.15, 0.2) is 0 Å². The molecule has 0 aliphatic carbocycles. The zero-order valence-electron chi connectivity index (χ0n) is 17.8. The first kappa shape index (κ1) is 27.2. The summed E-state index contributed by atoms with van der Waals surface area (Å²) in [6.45, 7) is 10.5. The molecule has 0 bridgehead atoms. The molecular weight excluding hydrogens is 368 g/mol. The maximum Gasteiger partial charge on any atom is 0.302 e. The van der Waals surface area contributed by atoms with Crippen LogP contribution in [0.25, 0.3) is 0 Å². The Morgan fingerprint density at radius 2 is 0.857 bits per heavy atom. The molecule has 0 saturated carbocycles. The van der Waals surface area contributed by atoms with Crippen LogP contribution in [-0.4, -0.2) is 91.9 Å². The van der Waals surface area contributed by atoms with Crippen molar-refractivity contribution in [3.05, 3.63) is 0 Å². The molecule has 8 nitrogen and oxygen atoms in total. The number of hydrogen-bond acceptors (Lipinski definition) is 8. The maximum absolute atomic E-state index is 10.5. The van der Waals surface area contributed by atoms with Gasteiger partial charge in [0.1, 0.15) is 6.61 Å². The molecule has 0 atom stereocenters. The monoisotopic (exact) mass is 408 g/mol. The van der Waals surface area contributed by atoms with Gasteiger partial charge in [0, 0.05) is 13.5 Å². The molecule has 0 aliphatic heterocycles. The quantitative estimate of drug-likeness (QED) is 0.188. The maximum atomic E-state index is 10.5. The van der Waals surface area contributed by atoms with Gasteiger partial charge in [-0.05, 0) is 6.42 Å². The molecule has 168 valence electrons. The van der Waals surface area contributed by atoms with Crippen LogP contribution in [0.4, 0.5) is 0 Å². The third kappa shape index (κ3) is 25.2. The van der Waals surface area contributed by atoms with E-state index >= 15 is 0 Å². The van der Waals surface area contributed by atoms with Crippen molar-refractivity contribution in [2.45, 2.75) is 39.5 Å². The highest BCUT2D eigenvalue weighted by molar-refractivity contribution is 5.65. The molecule has 0 amide bonds. The minimum absolute atomic E-state index is 0.274. The summed E-state index contributed by atoms with van der Waals surface area (Å²) in [7, 11) is 0. The van der Waals surface area contributed by atoms with Crippen molar-refractivity contribution >= 4 is 5.97 Å². The molecular formula is C20H40O8. The zero-order chi connectivity index (χ0) is 20.5. The number of carbonyl (C=O) groups is 1. The highest BCUT2D eigenvalue weighted by atomic mass is 16.6. The predicted molar refractivity (Wildman–Crippen MR) is 106 cm³/mol. The fraction of sp³-hybridized carbons (Fsp3) is 0.950. The second-order valence-corrected chi connectivity index (χ2v) is 6.07. The van der Waals surface area contributed by atoms with Crippen LogP contribution in [0, 0.1) is 0 Å². The lowest BCUT2D eigenvalue weighted by atomic mass is 10.2. The molecule has 0 saturated heterocycles. The Balaban J connectivity index is 2.99. The molecule has 0 aliphatic rings. The largest absolute Gasteiger partial charge is 0.463 e. The molecule has 0 aromatic carbocycles. The Kier molecular flexibility index (Phi) is 23.6. The van der Waals surface area contributed by atoms with E-state index in [0.717, 1.165) is 13.0 Å². The van der Waals surface area contributed by atoms with E-state index in [1.165, 1.54) is 26.2 Å². The van der Waals surface area contributed by atoms with Gasteiger partial charge in [0.15, 0.2) is 0 Å². The van der Waals surface area contributed by atoms with Crippen molar-refractivity contribution in [3.63, 3.8) is 0 Å². The van der Waals surface area contributed by atoms with Gasteiger partial charge in [0.05, 0.1) is 72.7 Å². The van der Waals surface area contributed by atoms with Gasteiger partial charge in [0.25, 0.3) is 0 Å². The van der Waals surface area contributed by atoms with Crippen LogP contribution < -0.4 is 0 Å². The van der Waals surface area contributed by atoms with Crippen LogP contribution in [0.2, 0.25) is 0 Å². The van der Waals surface area contributed by atoms with Crippen molar-refractivity contribution in [3.8, 4) is 0 Å². The summed E-state index contributed by atoms with van der Waals surface area (Å²) in [4.78, 5) is 10.5. The Morgan fingerprint density at radius 3 is 1.21 bits per heavy atom. The van der Waals surface area contributed by atoms with E-state index in [2.05, 4.69) is 6.92 Å². The average molecular weight is 409 g/mol. The van der Waals surface area contributed by atoms with E-state index in [1.54, 1.807) is 0 Å². The molecule has 0 spiro atoms. The molecule has 0 heterocycles. The molecule has 0 aromatic heterocycles. The van der Waals surface area contributed by atoms with Crippen molar-refractivity contribution < 1.29 is 38.0 Å². The Morgan fingerprint density at radius 1 is 0.500 bits per heavy atom. The average Bonchev–Trinajstić information content (AvgIpc) is 2.68. The van der Waals surface area contributed by atoms with Gasteiger partial charge >= 0.3 is 5.97 Å². The summed E-state index contributed by atoms with van der Waals surface area (Å²) >= 11 is 0. The first-order chi connectivity index (χ1) is 13.8. The van der Waals surface area contributed by atoms with Gasteiger partial charge in [0.2, 0.25) is 0 Å². The van der Waals surface area contributed by atoms with E-state index in [-0.39, 0.29) is 12.6 Å². The lowest BCUT2D eigenvalue weighted by Gasteiger charge is -2.08. The number of ether oxygens (including phenoxy) is 7. The number of carbonyl (C=O) groups excluding carboxylic acids is 1. The number of esters is 1. The number of hydrogen-bond donors (Lipinski definition) is 0. The van der Waals surface area contributed by atoms with Gasteiger partial charge in [-0.2, -0.15) is 0 Å². The summed E-state index contributed by atoms with van der Waals surface area (Å²) in [5.41, 5.74) is 0. The molecule has 0 radical (unpaired) electrons. The highest BCUT2D eigenvalue weighted by Crippen LogP contribution is 1.98. The molecule has 0 aromatic rings. The van der Waals surface area contributed by atoms with Crippen molar-refractivity contribution in [2.24, 2.45) is 0 Å². The Bertz CT molecular complexity index is 315. The lowest BCUT2D eigenvalue weighted by Crippen LogP contribution is -2.14. The van der Waals surface area contributed by atoms with Crippen LogP contribution >= 0.6 is 0 Å². The van der Waals surface area contributed by atoms with Gasteiger partial charge < -0.3 is 33.2 Å². The number of unbranched alkanes of at least 4 members (excludes halogenated alkanes) is 3. The van der Waals surface area contributed by atoms with E-state index in [4.69, 9.17) is 33.2 Å². The fourth-order valence-corrected chi connectivity index (χ4v) is 2.08.